The molecule has 112 valence electrons. The maximum atomic E-state index is 12.4. The van der Waals surface area contributed by atoms with Crippen LogP contribution in [0.1, 0.15) is 21.6 Å². The highest BCUT2D eigenvalue weighted by molar-refractivity contribution is 6.00. The van der Waals surface area contributed by atoms with E-state index in [0.717, 1.165) is 27.8 Å². The van der Waals surface area contributed by atoms with Crippen LogP contribution in [0.2, 0.25) is 0 Å². The highest BCUT2D eigenvalue weighted by Gasteiger charge is 2.14. The van der Waals surface area contributed by atoms with Crippen LogP contribution in [-0.4, -0.2) is 18.0 Å². The minimum absolute atomic E-state index is 0.111. The van der Waals surface area contributed by atoms with E-state index >= 15 is 0 Å². The summed E-state index contributed by atoms with van der Waals surface area (Å²) in [6.07, 6.45) is 0. The predicted molar refractivity (Wildman–Crippen MR) is 87.2 cm³/mol. The molecule has 0 fully saturated rings. The first-order valence-electron chi connectivity index (χ1n) is 7.18. The molecule has 0 aliphatic heterocycles. The molecule has 4 heteroatoms. The second kappa shape index (κ2) is 5.93. The zero-order chi connectivity index (χ0) is 15.5. The van der Waals surface area contributed by atoms with Crippen molar-refractivity contribution in [1.82, 2.24) is 10.3 Å². The van der Waals surface area contributed by atoms with Gasteiger partial charge in [-0.2, -0.15) is 0 Å². The highest BCUT2D eigenvalue weighted by Crippen LogP contribution is 2.21. The molecule has 0 saturated heterocycles. The molecule has 1 heterocycles. The number of carbonyl (C=O) groups is 1. The molecule has 0 radical (unpaired) electrons. The molecule has 0 bridgehead atoms. The number of para-hydroxylation sites is 2. The third-order valence-electron chi connectivity index (χ3n) is 3.82. The number of aromatic amines is 1. The van der Waals surface area contributed by atoms with Gasteiger partial charge in [0.2, 0.25) is 0 Å². The van der Waals surface area contributed by atoms with Gasteiger partial charge >= 0.3 is 0 Å². The average Bonchev–Trinajstić information content (AvgIpc) is 2.90. The van der Waals surface area contributed by atoms with Gasteiger partial charge in [-0.15, -0.1) is 0 Å². The Hall–Kier alpha value is -2.75. The normalized spacial score (nSPS) is 10.6. The van der Waals surface area contributed by atoms with Gasteiger partial charge in [0.1, 0.15) is 11.4 Å². The summed E-state index contributed by atoms with van der Waals surface area (Å²) < 4.78 is 5.30. The van der Waals surface area contributed by atoms with Gasteiger partial charge in [0.15, 0.2) is 0 Å². The van der Waals surface area contributed by atoms with E-state index in [4.69, 9.17) is 4.74 Å². The number of rotatable bonds is 4. The molecule has 1 amide bonds. The Bertz CT molecular complexity index is 821. The van der Waals surface area contributed by atoms with Crippen molar-refractivity contribution >= 4 is 16.8 Å². The number of ether oxygens (including phenoxy) is 1. The molecule has 3 rings (SSSR count). The summed E-state index contributed by atoms with van der Waals surface area (Å²) in [5, 5.41) is 4.02. The fourth-order valence-corrected chi connectivity index (χ4v) is 2.62. The van der Waals surface area contributed by atoms with Gasteiger partial charge in [-0.25, -0.2) is 0 Å². The molecule has 0 unspecified atom stereocenters. The summed E-state index contributed by atoms with van der Waals surface area (Å²) in [5.41, 5.74) is 3.50. The number of fused-ring (bicyclic) bond motifs is 1. The van der Waals surface area contributed by atoms with Gasteiger partial charge in [-0.1, -0.05) is 36.4 Å². The van der Waals surface area contributed by atoms with Crippen LogP contribution in [0.25, 0.3) is 10.9 Å². The first kappa shape index (κ1) is 14.2. The van der Waals surface area contributed by atoms with Crippen LogP contribution in [0.3, 0.4) is 0 Å². The summed E-state index contributed by atoms with van der Waals surface area (Å²) >= 11 is 0. The van der Waals surface area contributed by atoms with Crippen LogP contribution in [0.5, 0.6) is 5.75 Å². The topological polar surface area (TPSA) is 54.1 Å². The van der Waals surface area contributed by atoms with Crippen molar-refractivity contribution in [1.29, 1.82) is 0 Å². The molecule has 0 atom stereocenters. The van der Waals surface area contributed by atoms with Gasteiger partial charge in [-0.3, -0.25) is 4.79 Å². The van der Waals surface area contributed by atoms with Crippen molar-refractivity contribution in [2.75, 3.05) is 7.11 Å². The van der Waals surface area contributed by atoms with E-state index in [1.54, 1.807) is 7.11 Å². The van der Waals surface area contributed by atoms with Gasteiger partial charge in [0, 0.05) is 23.0 Å². The standard InChI is InChI=1S/C18H18N2O2/c1-12-14-8-4-5-9-15(14)20-17(12)18(21)19-11-13-7-3-6-10-16(13)22-2/h3-10,20H,11H2,1-2H3,(H,19,21). The van der Waals surface area contributed by atoms with Gasteiger partial charge in [0.25, 0.3) is 5.91 Å². The number of methoxy groups -OCH3 is 1. The van der Waals surface area contributed by atoms with E-state index in [-0.39, 0.29) is 5.91 Å². The molecule has 0 aliphatic carbocycles. The summed E-state index contributed by atoms with van der Waals surface area (Å²) in [6.45, 7) is 2.38. The van der Waals surface area contributed by atoms with Crippen molar-refractivity contribution in [3.8, 4) is 5.75 Å². The van der Waals surface area contributed by atoms with E-state index in [1.807, 2.05) is 55.5 Å². The molecule has 3 aromatic rings. The van der Waals surface area contributed by atoms with Crippen LogP contribution in [0.4, 0.5) is 0 Å². The minimum atomic E-state index is -0.111. The fourth-order valence-electron chi connectivity index (χ4n) is 2.62. The van der Waals surface area contributed by atoms with E-state index in [9.17, 15) is 4.79 Å². The highest BCUT2D eigenvalue weighted by atomic mass is 16.5. The summed E-state index contributed by atoms with van der Waals surface area (Å²) in [6, 6.07) is 15.6. The lowest BCUT2D eigenvalue weighted by Gasteiger charge is -2.09. The number of carbonyl (C=O) groups excluding carboxylic acids is 1. The number of nitrogens with one attached hydrogen (secondary N) is 2. The van der Waals surface area contributed by atoms with Crippen molar-refractivity contribution in [2.45, 2.75) is 13.5 Å². The van der Waals surface area contributed by atoms with Crippen LogP contribution in [-0.2, 0) is 6.54 Å². The quantitative estimate of drug-likeness (QED) is 0.774. The van der Waals surface area contributed by atoms with Crippen LogP contribution in [0, 0.1) is 6.92 Å². The van der Waals surface area contributed by atoms with Crippen molar-refractivity contribution in [3.63, 3.8) is 0 Å². The largest absolute Gasteiger partial charge is 0.496 e. The summed E-state index contributed by atoms with van der Waals surface area (Å²) in [5.74, 6) is 0.663. The van der Waals surface area contributed by atoms with Crippen LogP contribution < -0.4 is 10.1 Å². The summed E-state index contributed by atoms with van der Waals surface area (Å²) in [7, 11) is 1.63. The number of amides is 1. The maximum Gasteiger partial charge on any atom is 0.268 e. The van der Waals surface area contributed by atoms with Crippen LogP contribution >= 0.6 is 0 Å². The lowest BCUT2D eigenvalue weighted by atomic mass is 10.1. The summed E-state index contributed by atoms with van der Waals surface area (Å²) in [4.78, 5) is 15.6. The van der Waals surface area contributed by atoms with E-state index in [1.165, 1.54) is 0 Å². The molecule has 2 aromatic carbocycles. The molecule has 0 spiro atoms. The molecule has 22 heavy (non-hydrogen) atoms. The molecule has 1 aromatic heterocycles. The first-order valence-corrected chi connectivity index (χ1v) is 7.18. The third kappa shape index (κ3) is 2.55. The lowest BCUT2D eigenvalue weighted by molar-refractivity contribution is 0.0946. The van der Waals surface area contributed by atoms with Gasteiger partial charge < -0.3 is 15.0 Å². The van der Waals surface area contributed by atoms with Crippen LogP contribution in [0.15, 0.2) is 48.5 Å². The zero-order valence-electron chi connectivity index (χ0n) is 12.6. The van der Waals surface area contributed by atoms with Gasteiger partial charge in [-0.05, 0) is 24.6 Å². The van der Waals surface area contributed by atoms with Crippen molar-refractivity contribution in [2.24, 2.45) is 0 Å². The Morgan fingerprint density at radius 2 is 1.86 bits per heavy atom. The Morgan fingerprint density at radius 3 is 2.64 bits per heavy atom. The van der Waals surface area contributed by atoms with E-state index < -0.39 is 0 Å². The zero-order valence-corrected chi connectivity index (χ0v) is 12.6. The average molecular weight is 294 g/mol. The number of aryl methyl sites for hydroxylation is 1. The Balaban J connectivity index is 1.80. The Morgan fingerprint density at radius 1 is 1.14 bits per heavy atom. The van der Waals surface area contributed by atoms with Gasteiger partial charge in [0.05, 0.1) is 7.11 Å². The smallest absolute Gasteiger partial charge is 0.268 e. The predicted octanol–water partition coefficient (Wildman–Crippen LogP) is 3.41. The second-order valence-electron chi connectivity index (χ2n) is 5.17. The molecular formula is C18H18N2O2. The molecule has 2 N–H and O–H groups in total. The van der Waals surface area contributed by atoms with Crippen molar-refractivity contribution in [3.05, 3.63) is 65.4 Å². The third-order valence-corrected chi connectivity index (χ3v) is 3.82. The number of H-pyrrole nitrogens is 1. The Kier molecular flexibility index (Phi) is 3.83. The monoisotopic (exact) mass is 294 g/mol. The molecular weight excluding hydrogens is 276 g/mol. The lowest BCUT2D eigenvalue weighted by Crippen LogP contribution is -2.24. The fraction of sp³-hybridized carbons (Fsp3) is 0.167. The van der Waals surface area contributed by atoms with Crippen molar-refractivity contribution < 1.29 is 9.53 Å². The molecule has 0 aliphatic rings. The Labute approximate surface area is 129 Å². The number of hydrogen-bond donors (Lipinski definition) is 2. The minimum Gasteiger partial charge on any atom is -0.496 e. The number of benzene rings is 2. The number of hydrogen-bond acceptors (Lipinski definition) is 2. The second-order valence-corrected chi connectivity index (χ2v) is 5.17. The van der Waals surface area contributed by atoms with E-state index in [2.05, 4.69) is 10.3 Å². The number of aromatic nitrogens is 1. The molecule has 0 saturated carbocycles. The first-order chi connectivity index (χ1) is 10.7. The maximum absolute atomic E-state index is 12.4. The SMILES string of the molecule is COc1ccccc1CNC(=O)c1[nH]c2ccccc2c1C. The molecule has 4 nitrogen and oxygen atoms in total. The van der Waals surface area contributed by atoms with E-state index in [0.29, 0.717) is 12.2 Å².